The Morgan fingerprint density at radius 3 is 2.67 bits per heavy atom. The minimum atomic E-state index is -4.08. The Bertz CT molecular complexity index is 428. The molecule has 84 valence electrons. The zero-order valence-corrected chi connectivity index (χ0v) is 10.8. The number of rotatable bonds is 4. The smallest absolute Gasteiger partial charge is 0.282 e. The third kappa shape index (κ3) is 3.93. The summed E-state index contributed by atoms with van der Waals surface area (Å²) in [6.45, 7) is 2.05. The molecule has 1 rings (SSSR count). The first-order valence-corrected chi connectivity index (χ1v) is 6.99. The normalized spacial score (nSPS) is 13.8. The Balaban J connectivity index is 2.94. The molecule has 0 bridgehead atoms. The van der Waals surface area contributed by atoms with Crippen LogP contribution in [0.25, 0.3) is 0 Å². The molecule has 15 heavy (non-hydrogen) atoms. The van der Waals surface area contributed by atoms with Gasteiger partial charge in [-0.25, -0.2) is 0 Å². The first-order chi connectivity index (χ1) is 6.93. The summed E-state index contributed by atoms with van der Waals surface area (Å²) in [4.78, 5) is 0.282. The Labute approximate surface area is 98.4 Å². The molecule has 3 nitrogen and oxygen atoms in total. The van der Waals surface area contributed by atoms with Gasteiger partial charge in [0.1, 0.15) is 0 Å². The van der Waals surface area contributed by atoms with E-state index < -0.39 is 10.1 Å². The highest BCUT2D eigenvalue weighted by atomic mass is 79.9. The minimum absolute atomic E-state index is 0.0456. The van der Waals surface area contributed by atoms with Crippen LogP contribution in [0.5, 0.6) is 0 Å². The van der Waals surface area contributed by atoms with Crippen LogP contribution in [0.3, 0.4) is 0 Å². The van der Waals surface area contributed by atoms with Crippen LogP contribution in [0.15, 0.2) is 29.2 Å². The number of hydrogen-bond donors (Lipinski definition) is 1. The average molecular weight is 293 g/mol. The van der Waals surface area contributed by atoms with Crippen molar-refractivity contribution in [1.29, 1.82) is 0 Å². The van der Waals surface area contributed by atoms with Gasteiger partial charge >= 0.3 is 0 Å². The summed E-state index contributed by atoms with van der Waals surface area (Å²) in [5.41, 5.74) is 0.897. The molecule has 0 fully saturated rings. The van der Waals surface area contributed by atoms with Crippen molar-refractivity contribution in [2.45, 2.75) is 29.5 Å². The van der Waals surface area contributed by atoms with Crippen molar-refractivity contribution in [3.8, 4) is 0 Å². The van der Waals surface area contributed by atoms with Gasteiger partial charge in [0.2, 0.25) is 0 Å². The molecular weight excluding hydrogens is 280 g/mol. The van der Waals surface area contributed by atoms with Gasteiger partial charge in [0, 0.05) is 4.83 Å². The Kier molecular flexibility index (Phi) is 4.31. The lowest BCUT2D eigenvalue weighted by molar-refractivity contribution is 0.483. The fraction of sp³-hybridized carbons (Fsp3) is 0.400. The Morgan fingerprint density at radius 2 is 2.13 bits per heavy atom. The molecule has 1 atom stereocenters. The maximum atomic E-state index is 10.9. The van der Waals surface area contributed by atoms with Crippen LogP contribution in [0.1, 0.15) is 18.9 Å². The lowest BCUT2D eigenvalue weighted by Crippen LogP contribution is -2.03. The molecule has 1 N–H and O–H groups in total. The predicted octanol–water partition coefficient (Wildman–Crippen LogP) is 2.65. The summed E-state index contributed by atoms with van der Waals surface area (Å²) >= 11 is 3.48. The quantitative estimate of drug-likeness (QED) is 0.686. The van der Waals surface area contributed by atoms with Gasteiger partial charge in [-0.05, 0) is 30.5 Å². The lowest BCUT2D eigenvalue weighted by Gasteiger charge is -2.07. The molecular formula is C10H13BrO3S. The lowest BCUT2D eigenvalue weighted by atomic mass is 10.1. The molecule has 0 aromatic heterocycles. The van der Waals surface area contributed by atoms with E-state index in [9.17, 15) is 8.42 Å². The molecule has 0 spiro atoms. The molecule has 0 aliphatic rings. The van der Waals surface area contributed by atoms with E-state index in [0.29, 0.717) is 4.83 Å². The molecule has 0 amide bonds. The molecule has 0 radical (unpaired) electrons. The minimum Gasteiger partial charge on any atom is -0.282 e. The van der Waals surface area contributed by atoms with Crippen LogP contribution in [0.4, 0.5) is 0 Å². The SMILES string of the molecule is CCC(Br)Cc1cccc(S(=O)(=O)O)c1. The van der Waals surface area contributed by atoms with E-state index >= 15 is 0 Å². The molecule has 1 aromatic carbocycles. The summed E-state index contributed by atoms with van der Waals surface area (Å²) in [5.74, 6) is 0. The van der Waals surface area contributed by atoms with Gasteiger partial charge < -0.3 is 0 Å². The summed E-state index contributed by atoms with van der Waals surface area (Å²) in [5, 5.41) is 0. The monoisotopic (exact) mass is 292 g/mol. The van der Waals surface area contributed by atoms with E-state index in [1.807, 2.05) is 13.0 Å². The van der Waals surface area contributed by atoms with Gasteiger partial charge in [-0.15, -0.1) is 0 Å². The van der Waals surface area contributed by atoms with Crippen molar-refractivity contribution < 1.29 is 13.0 Å². The highest BCUT2D eigenvalue weighted by Crippen LogP contribution is 2.16. The first kappa shape index (κ1) is 12.7. The molecule has 0 saturated carbocycles. The van der Waals surface area contributed by atoms with Gasteiger partial charge in [-0.1, -0.05) is 35.0 Å². The third-order valence-corrected chi connectivity index (χ3v) is 3.92. The highest BCUT2D eigenvalue weighted by molar-refractivity contribution is 9.09. The van der Waals surface area contributed by atoms with Gasteiger partial charge in [-0.2, -0.15) is 8.42 Å². The molecule has 0 aliphatic heterocycles. The summed E-state index contributed by atoms with van der Waals surface area (Å²) in [7, 11) is -4.08. The van der Waals surface area contributed by atoms with E-state index in [1.54, 1.807) is 6.07 Å². The van der Waals surface area contributed by atoms with Crippen molar-refractivity contribution in [1.82, 2.24) is 0 Å². The van der Waals surface area contributed by atoms with Gasteiger partial charge in [-0.3, -0.25) is 4.55 Å². The molecule has 0 heterocycles. The van der Waals surface area contributed by atoms with E-state index in [0.717, 1.165) is 18.4 Å². The van der Waals surface area contributed by atoms with Crippen molar-refractivity contribution in [2.75, 3.05) is 0 Å². The Morgan fingerprint density at radius 1 is 1.47 bits per heavy atom. The second kappa shape index (κ2) is 5.09. The number of hydrogen-bond acceptors (Lipinski definition) is 2. The number of benzene rings is 1. The summed E-state index contributed by atoms with van der Waals surface area (Å²) < 4.78 is 30.6. The molecule has 1 aromatic rings. The van der Waals surface area contributed by atoms with Crippen molar-refractivity contribution in [3.05, 3.63) is 29.8 Å². The van der Waals surface area contributed by atoms with Crippen LogP contribution in [0.2, 0.25) is 0 Å². The molecule has 0 aliphatic carbocycles. The summed E-state index contributed by atoms with van der Waals surface area (Å²) in [6, 6.07) is 6.36. The van der Waals surface area contributed by atoms with Crippen LogP contribution in [-0.2, 0) is 16.5 Å². The Hall–Kier alpha value is -0.390. The number of alkyl halides is 1. The van der Waals surface area contributed by atoms with E-state index in [2.05, 4.69) is 15.9 Å². The van der Waals surface area contributed by atoms with Crippen LogP contribution < -0.4 is 0 Å². The second-order valence-electron chi connectivity index (χ2n) is 3.33. The predicted molar refractivity (Wildman–Crippen MR) is 63.0 cm³/mol. The number of halogens is 1. The van der Waals surface area contributed by atoms with Crippen LogP contribution in [-0.4, -0.2) is 17.8 Å². The fourth-order valence-corrected chi connectivity index (χ4v) is 2.16. The van der Waals surface area contributed by atoms with Crippen molar-refractivity contribution in [2.24, 2.45) is 0 Å². The van der Waals surface area contributed by atoms with Gasteiger partial charge in [0.05, 0.1) is 4.90 Å². The maximum Gasteiger partial charge on any atom is 0.294 e. The van der Waals surface area contributed by atoms with Crippen LogP contribution >= 0.6 is 15.9 Å². The van der Waals surface area contributed by atoms with Crippen molar-refractivity contribution in [3.63, 3.8) is 0 Å². The van der Waals surface area contributed by atoms with Crippen LogP contribution in [0, 0.1) is 0 Å². The zero-order chi connectivity index (χ0) is 11.5. The molecule has 0 saturated heterocycles. The summed E-state index contributed by atoms with van der Waals surface area (Å²) in [6.07, 6.45) is 1.72. The third-order valence-electron chi connectivity index (χ3n) is 2.10. The standard InChI is InChI=1S/C10H13BrO3S/c1-2-9(11)6-8-4-3-5-10(7-8)15(12,13)14/h3-5,7,9H,2,6H2,1H3,(H,12,13,14). The van der Waals surface area contributed by atoms with E-state index in [4.69, 9.17) is 4.55 Å². The van der Waals surface area contributed by atoms with Crippen molar-refractivity contribution >= 4 is 26.0 Å². The second-order valence-corrected chi connectivity index (χ2v) is 6.05. The van der Waals surface area contributed by atoms with Gasteiger partial charge in [0.25, 0.3) is 10.1 Å². The molecule has 1 unspecified atom stereocenters. The fourth-order valence-electron chi connectivity index (χ4n) is 1.23. The highest BCUT2D eigenvalue weighted by Gasteiger charge is 2.10. The maximum absolute atomic E-state index is 10.9. The van der Waals surface area contributed by atoms with Gasteiger partial charge in [0.15, 0.2) is 0 Å². The molecule has 5 heteroatoms. The van der Waals surface area contributed by atoms with E-state index in [-0.39, 0.29) is 4.90 Å². The first-order valence-electron chi connectivity index (χ1n) is 4.64. The topological polar surface area (TPSA) is 54.4 Å². The zero-order valence-electron chi connectivity index (χ0n) is 8.35. The van der Waals surface area contributed by atoms with E-state index in [1.165, 1.54) is 12.1 Å². The average Bonchev–Trinajstić information content (AvgIpc) is 2.17. The largest absolute Gasteiger partial charge is 0.294 e.